The summed E-state index contributed by atoms with van der Waals surface area (Å²) < 4.78 is 3.21. The average Bonchev–Trinajstić information content (AvgIpc) is 3.01. The molecule has 1 amide bonds. The van der Waals surface area contributed by atoms with Gasteiger partial charge in [-0.15, -0.1) is 0 Å². The maximum atomic E-state index is 12.3. The fourth-order valence-electron chi connectivity index (χ4n) is 3.41. The molecule has 0 aliphatic carbocycles. The number of hydrogen-bond acceptors (Lipinski definition) is 2. The van der Waals surface area contributed by atoms with Crippen molar-refractivity contribution < 1.29 is 4.79 Å². The van der Waals surface area contributed by atoms with E-state index in [-0.39, 0.29) is 5.91 Å². The smallest absolute Gasteiger partial charge is 0.271 e. The highest BCUT2D eigenvalue weighted by molar-refractivity contribution is 9.10. The number of aromatic nitrogens is 1. The van der Waals surface area contributed by atoms with Crippen molar-refractivity contribution in [2.75, 3.05) is 0 Å². The van der Waals surface area contributed by atoms with E-state index in [1.807, 2.05) is 30.3 Å². The second kappa shape index (κ2) is 8.45. The molecule has 4 nitrogen and oxygen atoms in total. The minimum atomic E-state index is -0.237. The molecule has 0 saturated heterocycles. The van der Waals surface area contributed by atoms with Crippen LogP contribution < -0.4 is 5.43 Å². The van der Waals surface area contributed by atoms with Crippen LogP contribution >= 0.6 is 15.9 Å². The molecule has 4 rings (SSSR count). The molecule has 0 atom stereocenters. The van der Waals surface area contributed by atoms with Crippen LogP contribution in [0.15, 0.2) is 88.4 Å². The topological polar surface area (TPSA) is 46.4 Å². The molecule has 5 heteroatoms. The zero-order chi connectivity index (χ0) is 20.2. The lowest BCUT2D eigenvalue weighted by Gasteiger charge is -2.08. The summed E-state index contributed by atoms with van der Waals surface area (Å²) in [5, 5.41) is 5.34. The monoisotopic (exact) mass is 445 g/mol. The molecule has 0 fully saturated rings. The third-order valence-corrected chi connectivity index (χ3v) is 5.46. The van der Waals surface area contributed by atoms with Crippen molar-refractivity contribution in [3.05, 3.63) is 106 Å². The molecular weight excluding hydrogens is 426 g/mol. The molecule has 0 bridgehead atoms. The average molecular weight is 446 g/mol. The van der Waals surface area contributed by atoms with Crippen LogP contribution in [0.5, 0.6) is 0 Å². The number of halogens is 1. The van der Waals surface area contributed by atoms with Crippen molar-refractivity contribution >= 4 is 39.0 Å². The van der Waals surface area contributed by atoms with Crippen LogP contribution in [0, 0.1) is 6.92 Å². The molecule has 0 unspecified atom stereocenters. The molecule has 1 N–H and O–H groups in total. The molecule has 144 valence electrons. The van der Waals surface area contributed by atoms with Gasteiger partial charge in [0.25, 0.3) is 5.91 Å². The third kappa shape index (κ3) is 4.15. The lowest BCUT2D eigenvalue weighted by Crippen LogP contribution is -2.17. The van der Waals surface area contributed by atoms with Gasteiger partial charge in [-0.1, -0.05) is 64.5 Å². The van der Waals surface area contributed by atoms with Crippen LogP contribution in [0.1, 0.15) is 27.2 Å². The number of benzene rings is 3. The second-order valence-electron chi connectivity index (χ2n) is 6.79. The molecule has 29 heavy (non-hydrogen) atoms. The van der Waals surface area contributed by atoms with E-state index >= 15 is 0 Å². The number of para-hydroxylation sites is 1. The van der Waals surface area contributed by atoms with Gasteiger partial charge in [0.05, 0.1) is 6.21 Å². The van der Waals surface area contributed by atoms with Gasteiger partial charge in [0.1, 0.15) is 0 Å². The predicted molar refractivity (Wildman–Crippen MR) is 121 cm³/mol. The maximum absolute atomic E-state index is 12.3. The van der Waals surface area contributed by atoms with Gasteiger partial charge in [-0.2, -0.15) is 5.10 Å². The Hall–Kier alpha value is -3.18. The van der Waals surface area contributed by atoms with Gasteiger partial charge >= 0.3 is 0 Å². The summed E-state index contributed by atoms with van der Waals surface area (Å²) in [6.45, 7) is 2.87. The van der Waals surface area contributed by atoms with E-state index in [9.17, 15) is 4.79 Å². The highest BCUT2D eigenvalue weighted by Gasteiger charge is 2.13. The first-order valence-corrected chi connectivity index (χ1v) is 10.1. The van der Waals surface area contributed by atoms with E-state index in [1.54, 1.807) is 18.3 Å². The van der Waals surface area contributed by atoms with Gasteiger partial charge in [0, 0.05) is 38.7 Å². The van der Waals surface area contributed by atoms with Gasteiger partial charge in [-0.3, -0.25) is 4.79 Å². The quantitative estimate of drug-likeness (QED) is 0.318. The van der Waals surface area contributed by atoms with E-state index in [1.165, 1.54) is 5.56 Å². The van der Waals surface area contributed by atoms with Crippen LogP contribution in [0.25, 0.3) is 10.9 Å². The van der Waals surface area contributed by atoms with Crippen molar-refractivity contribution in [1.82, 2.24) is 9.99 Å². The number of carbonyl (C=O) groups excluding carboxylic acids is 1. The molecule has 0 radical (unpaired) electrons. The molecule has 4 aromatic rings. The van der Waals surface area contributed by atoms with Crippen LogP contribution in [-0.2, 0) is 6.54 Å². The summed E-state index contributed by atoms with van der Waals surface area (Å²) >= 11 is 3.37. The molecule has 1 aromatic heterocycles. The van der Waals surface area contributed by atoms with Gasteiger partial charge in [-0.25, -0.2) is 5.43 Å². The first-order chi connectivity index (χ1) is 14.1. The zero-order valence-electron chi connectivity index (χ0n) is 16.0. The Kier molecular flexibility index (Phi) is 5.58. The van der Waals surface area contributed by atoms with Crippen molar-refractivity contribution in [1.29, 1.82) is 0 Å². The molecule has 3 aromatic carbocycles. The van der Waals surface area contributed by atoms with Crippen molar-refractivity contribution in [3.8, 4) is 0 Å². The lowest BCUT2D eigenvalue weighted by atomic mass is 10.1. The van der Waals surface area contributed by atoms with E-state index in [2.05, 4.69) is 74.3 Å². The number of amides is 1. The fraction of sp³-hybridized carbons (Fsp3) is 0.0833. The molecule has 0 aliphatic rings. The largest absolute Gasteiger partial charge is 0.340 e. The lowest BCUT2D eigenvalue weighted by molar-refractivity contribution is 0.0955. The Morgan fingerprint density at radius 3 is 2.45 bits per heavy atom. The molecule has 0 spiro atoms. The minimum absolute atomic E-state index is 0.237. The van der Waals surface area contributed by atoms with Gasteiger partial charge in [0.15, 0.2) is 0 Å². The molecule has 1 heterocycles. The summed E-state index contributed by atoms with van der Waals surface area (Å²) in [5.74, 6) is -0.237. The summed E-state index contributed by atoms with van der Waals surface area (Å²) in [5.41, 5.74) is 7.69. The Labute approximate surface area is 178 Å². The van der Waals surface area contributed by atoms with E-state index in [0.29, 0.717) is 5.56 Å². The predicted octanol–water partition coefficient (Wildman–Crippen LogP) is 5.52. The van der Waals surface area contributed by atoms with E-state index in [0.717, 1.165) is 33.2 Å². The van der Waals surface area contributed by atoms with Crippen LogP contribution in [0.2, 0.25) is 0 Å². The number of rotatable bonds is 5. The summed E-state index contributed by atoms with van der Waals surface area (Å²) in [6.07, 6.45) is 1.73. The third-order valence-electron chi connectivity index (χ3n) is 4.93. The van der Waals surface area contributed by atoms with Crippen molar-refractivity contribution in [3.63, 3.8) is 0 Å². The van der Waals surface area contributed by atoms with Crippen molar-refractivity contribution in [2.24, 2.45) is 5.10 Å². The molecule has 0 saturated carbocycles. The van der Waals surface area contributed by atoms with E-state index < -0.39 is 0 Å². The number of nitrogens with zero attached hydrogens (tertiary/aromatic N) is 2. The Morgan fingerprint density at radius 1 is 1.00 bits per heavy atom. The van der Waals surface area contributed by atoms with Crippen LogP contribution in [0.3, 0.4) is 0 Å². The number of nitrogens with one attached hydrogen (secondary N) is 1. The highest BCUT2D eigenvalue weighted by Crippen LogP contribution is 2.25. The zero-order valence-corrected chi connectivity index (χ0v) is 17.6. The number of carbonyl (C=O) groups is 1. The van der Waals surface area contributed by atoms with Crippen molar-refractivity contribution in [2.45, 2.75) is 13.5 Å². The van der Waals surface area contributed by atoms with E-state index in [4.69, 9.17) is 0 Å². The van der Waals surface area contributed by atoms with Gasteiger partial charge in [-0.05, 0) is 42.8 Å². The second-order valence-corrected chi connectivity index (χ2v) is 7.71. The first kappa shape index (κ1) is 19.2. The summed E-state index contributed by atoms with van der Waals surface area (Å²) in [4.78, 5) is 12.3. The Morgan fingerprint density at radius 2 is 1.69 bits per heavy atom. The Balaban J connectivity index is 1.62. The number of fused-ring (bicyclic) bond motifs is 1. The van der Waals surface area contributed by atoms with Gasteiger partial charge < -0.3 is 4.57 Å². The molecular formula is C24H20BrN3O. The maximum Gasteiger partial charge on any atom is 0.271 e. The van der Waals surface area contributed by atoms with Crippen LogP contribution in [-0.4, -0.2) is 16.7 Å². The SMILES string of the molecule is Cc1c(C=NNC(=O)c2ccc(Br)cc2)c2ccccc2n1Cc1ccccc1. The number of hydrogen-bond donors (Lipinski definition) is 1. The highest BCUT2D eigenvalue weighted by atomic mass is 79.9. The standard InChI is InChI=1S/C24H20BrN3O/c1-17-22(15-26-27-24(29)19-11-13-20(25)14-12-19)21-9-5-6-10-23(21)28(17)16-18-7-3-2-4-8-18/h2-15H,16H2,1H3,(H,27,29). The Bertz CT molecular complexity index is 1180. The normalized spacial score (nSPS) is 11.2. The fourth-order valence-corrected chi connectivity index (χ4v) is 3.68. The van der Waals surface area contributed by atoms with Crippen LogP contribution in [0.4, 0.5) is 0 Å². The first-order valence-electron chi connectivity index (χ1n) is 9.34. The number of hydrazone groups is 1. The molecule has 0 aliphatic heterocycles. The summed E-state index contributed by atoms with van der Waals surface area (Å²) in [7, 11) is 0. The minimum Gasteiger partial charge on any atom is -0.340 e. The van der Waals surface area contributed by atoms with Gasteiger partial charge in [0.2, 0.25) is 0 Å². The summed E-state index contributed by atoms with van der Waals surface area (Å²) in [6, 6.07) is 25.8.